The number of pyridine rings is 1. The topological polar surface area (TPSA) is 98.8 Å². The van der Waals surface area contributed by atoms with Crippen molar-refractivity contribution >= 4 is 20.9 Å². The Morgan fingerprint density at radius 2 is 1.74 bits per heavy atom. The standard InChI is InChI=1S/C22H27N3O5S/c1-4-30-19-9-10-21(17-6-5-11-24-22(17)19)31(26,27)25-13-12-23-15-16-7-8-18(28-2)20(14-16)29-3/h5-11,14,23,25H,4,12-13,15H2,1-3H3. The summed E-state index contributed by atoms with van der Waals surface area (Å²) in [6.45, 7) is 3.61. The highest BCUT2D eigenvalue weighted by atomic mass is 32.2. The molecule has 0 atom stereocenters. The Hall–Kier alpha value is -2.88. The van der Waals surface area contributed by atoms with Crippen molar-refractivity contribution in [2.45, 2.75) is 18.4 Å². The second kappa shape index (κ2) is 10.4. The van der Waals surface area contributed by atoms with E-state index in [1.165, 1.54) is 0 Å². The first-order chi connectivity index (χ1) is 15.0. The SMILES string of the molecule is CCOc1ccc(S(=O)(=O)NCCNCc2ccc(OC)c(OC)c2)c2cccnc12. The predicted molar refractivity (Wildman–Crippen MR) is 119 cm³/mol. The van der Waals surface area contributed by atoms with Gasteiger partial charge < -0.3 is 19.5 Å². The van der Waals surface area contributed by atoms with Crippen LogP contribution in [0.4, 0.5) is 0 Å². The molecule has 166 valence electrons. The molecule has 1 aromatic heterocycles. The average Bonchev–Trinajstić information content (AvgIpc) is 2.78. The monoisotopic (exact) mass is 445 g/mol. The van der Waals surface area contributed by atoms with Crippen molar-refractivity contribution in [3.63, 3.8) is 0 Å². The van der Waals surface area contributed by atoms with Crippen LogP contribution in [-0.4, -0.2) is 47.3 Å². The molecule has 0 spiro atoms. The van der Waals surface area contributed by atoms with Crippen molar-refractivity contribution in [1.82, 2.24) is 15.0 Å². The number of methoxy groups -OCH3 is 2. The predicted octanol–water partition coefficient (Wildman–Crippen LogP) is 2.72. The van der Waals surface area contributed by atoms with Crippen LogP contribution >= 0.6 is 0 Å². The Bertz CT molecular complexity index is 1140. The van der Waals surface area contributed by atoms with Crippen molar-refractivity contribution in [2.24, 2.45) is 0 Å². The number of benzene rings is 2. The summed E-state index contributed by atoms with van der Waals surface area (Å²) in [7, 11) is -0.529. The Kier molecular flexibility index (Phi) is 7.67. The maximum absolute atomic E-state index is 12.9. The van der Waals surface area contributed by atoms with Crippen LogP contribution in [0.5, 0.6) is 17.2 Å². The van der Waals surface area contributed by atoms with Gasteiger partial charge in [0.15, 0.2) is 11.5 Å². The molecule has 0 unspecified atom stereocenters. The molecule has 9 heteroatoms. The van der Waals surface area contributed by atoms with Crippen LogP contribution in [0.25, 0.3) is 10.9 Å². The van der Waals surface area contributed by atoms with Crippen LogP contribution in [0, 0.1) is 0 Å². The number of fused-ring (bicyclic) bond motifs is 1. The number of sulfonamides is 1. The number of hydrogen-bond acceptors (Lipinski definition) is 7. The lowest BCUT2D eigenvalue weighted by Crippen LogP contribution is -2.31. The van der Waals surface area contributed by atoms with Gasteiger partial charge in [-0.3, -0.25) is 4.98 Å². The van der Waals surface area contributed by atoms with E-state index in [-0.39, 0.29) is 11.4 Å². The Balaban J connectivity index is 1.62. The Labute approximate surface area is 182 Å². The van der Waals surface area contributed by atoms with Gasteiger partial charge in [0.25, 0.3) is 0 Å². The van der Waals surface area contributed by atoms with Gasteiger partial charge in [-0.25, -0.2) is 13.1 Å². The molecule has 0 aliphatic heterocycles. The van der Waals surface area contributed by atoms with E-state index in [1.54, 1.807) is 44.7 Å². The first-order valence-electron chi connectivity index (χ1n) is 9.92. The highest BCUT2D eigenvalue weighted by Crippen LogP contribution is 2.29. The van der Waals surface area contributed by atoms with E-state index in [9.17, 15) is 8.42 Å². The minimum absolute atomic E-state index is 0.180. The normalized spacial score (nSPS) is 11.5. The molecule has 0 saturated carbocycles. The van der Waals surface area contributed by atoms with Crippen LogP contribution in [-0.2, 0) is 16.6 Å². The fourth-order valence-electron chi connectivity index (χ4n) is 3.20. The van der Waals surface area contributed by atoms with Crippen LogP contribution < -0.4 is 24.2 Å². The fraction of sp³-hybridized carbons (Fsp3) is 0.318. The maximum atomic E-state index is 12.9. The maximum Gasteiger partial charge on any atom is 0.241 e. The van der Waals surface area contributed by atoms with Crippen molar-refractivity contribution in [3.05, 3.63) is 54.2 Å². The molecule has 0 aliphatic carbocycles. The van der Waals surface area contributed by atoms with Crippen molar-refractivity contribution in [3.8, 4) is 17.2 Å². The van der Waals surface area contributed by atoms with E-state index in [1.807, 2.05) is 25.1 Å². The average molecular weight is 446 g/mol. The first kappa shape index (κ1) is 22.8. The van der Waals surface area contributed by atoms with Crippen molar-refractivity contribution < 1.29 is 22.6 Å². The van der Waals surface area contributed by atoms with E-state index in [2.05, 4.69) is 15.0 Å². The molecule has 31 heavy (non-hydrogen) atoms. The van der Waals surface area contributed by atoms with Crippen LogP contribution in [0.3, 0.4) is 0 Å². The Morgan fingerprint density at radius 1 is 0.968 bits per heavy atom. The molecule has 2 aromatic carbocycles. The highest BCUT2D eigenvalue weighted by molar-refractivity contribution is 7.89. The number of hydrogen-bond donors (Lipinski definition) is 2. The number of nitrogens with one attached hydrogen (secondary N) is 2. The van der Waals surface area contributed by atoms with Crippen LogP contribution in [0.2, 0.25) is 0 Å². The lowest BCUT2D eigenvalue weighted by molar-refractivity contribution is 0.343. The molecule has 2 N–H and O–H groups in total. The number of rotatable bonds is 11. The summed E-state index contributed by atoms with van der Waals surface area (Å²) in [4.78, 5) is 4.47. The molecule has 8 nitrogen and oxygen atoms in total. The molecule has 3 aromatic rings. The zero-order valence-corrected chi connectivity index (χ0v) is 18.7. The summed E-state index contributed by atoms with van der Waals surface area (Å²) in [5.41, 5.74) is 1.53. The molecule has 1 heterocycles. The van der Waals surface area contributed by atoms with Crippen LogP contribution in [0.15, 0.2) is 53.6 Å². The third-order valence-electron chi connectivity index (χ3n) is 4.65. The molecular formula is C22H27N3O5S. The van der Waals surface area contributed by atoms with E-state index in [0.717, 1.165) is 5.56 Å². The van der Waals surface area contributed by atoms with E-state index >= 15 is 0 Å². The lowest BCUT2D eigenvalue weighted by Gasteiger charge is -2.13. The fourth-order valence-corrected chi connectivity index (χ4v) is 4.43. The van der Waals surface area contributed by atoms with Gasteiger partial charge in [0.1, 0.15) is 11.3 Å². The van der Waals surface area contributed by atoms with Gasteiger partial charge in [-0.1, -0.05) is 6.07 Å². The minimum Gasteiger partial charge on any atom is -0.493 e. The van der Waals surface area contributed by atoms with Gasteiger partial charge in [-0.15, -0.1) is 0 Å². The van der Waals surface area contributed by atoms with Gasteiger partial charge in [0.2, 0.25) is 10.0 Å². The van der Waals surface area contributed by atoms with Crippen molar-refractivity contribution in [1.29, 1.82) is 0 Å². The largest absolute Gasteiger partial charge is 0.493 e. The molecule has 0 amide bonds. The summed E-state index contributed by atoms with van der Waals surface area (Å²) in [5.74, 6) is 1.88. The number of nitrogens with zero attached hydrogens (tertiary/aromatic N) is 1. The van der Waals surface area contributed by atoms with Crippen LogP contribution in [0.1, 0.15) is 12.5 Å². The molecular weight excluding hydrogens is 418 g/mol. The quantitative estimate of drug-likeness (QED) is 0.438. The Morgan fingerprint density at radius 3 is 2.48 bits per heavy atom. The van der Waals surface area contributed by atoms with E-state index in [4.69, 9.17) is 14.2 Å². The molecule has 0 saturated heterocycles. The molecule has 3 rings (SSSR count). The van der Waals surface area contributed by atoms with E-state index < -0.39 is 10.0 Å². The van der Waals surface area contributed by atoms with Gasteiger partial charge in [-0.05, 0) is 48.9 Å². The molecule has 0 aliphatic rings. The second-order valence-corrected chi connectivity index (χ2v) is 8.39. The second-order valence-electron chi connectivity index (χ2n) is 6.66. The smallest absolute Gasteiger partial charge is 0.241 e. The molecule has 0 radical (unpaired) electrons. The summed E-state index contributed by atoms with van der Waals surface area (Å²) >= 11 is 0. The highest BCUT2D eigenvalue weighted by Gasteiger charge is 2.19. The molecule has 0 fully saturated rings. The lowest BCUT2D eigenvalue weighted by atomic mass is 10.2. The van der Waals surface area contributed by atoms with Gasteiger partial charge in [-0.2, -0.15) is 0 Å². The number of ether oxygens (including phenoxy) is 3. The third-order valence-corrected chi connectivity index (χ3v) is 6.17. The zero-order chi connectivity index (χ0) is 22.3. The first-order valence-corrected chi connectivity index (χ1v) is 11.4. The minimum atomic E-state index is -3.71. The summed E-state index contributed by atoms with van der Waals surface area (Å²) in [6.07, 6.45) is 1.62. The molecule has 0 bridgehead atoms. The van der Waals surface area contributed by atoms with Crippen molar-refractivity contribution in [2.75, 3.05) is 33.9 Å². The number of aromatic nitrogens is 1. The zero-order valence-electron chi connectivity index (χ0n) is 17.8. The van der Waals surface area contributed by atoms with Gasteiger partial charge in [0, 0.05) is 31.2 Å². The van der Waals surface area contributed by atoms with Gasteiger partial charge in [0.05, 0.1) is 25.7 Å². The summed E-state index contributed by atoms with van der Waals surface area (Å²) < 4.78 is 44.5. The third kappa shape index (κ3) is 5.43. The van der Waals surface area contributed by atoms with E-state index in [0.29, 0.717) is 47.8 Å². The summed E-state index contributed by atoms with van der Waals surface area (Å²) in [5, 5.41) is 3.75. The van der Waals surface area contributed by atoms with Gasteiger partial charge >= 0.3 is 0 Å². The summed E-state index contributed by atoms with van der Waals surface area (Å²) in [6, 6.07) is 12.3.